The number of anilines is 2. The second-order valence-electron chi connectivity index (χ2n) is 6.27. The summed E-state index contributed by atoms with van der Waals surface area (Å²) >= 11 is 6.12. The van der Waals surface area contributed by atoms with E-state index in [2.05, 4.69) is 10.0 Å². The number of carbonyl (C=O) groups is 1. The largest absolute Gasteiger partial charge is 0.495 e. The van der Waals surface area contributed by atoms with E-state index in [9.17, 15) is 13.2 Å². The molecule has 0 aliphatic rings. The van der Waals surface area contributed by atoms with E-state index in [0.717, 1.165) is 5.56 Å². The zero-order valence-electron chi connectivity index (χ0n) is 15.8. The summed E-state index contributed by atoms with van der Waals surface area (Å²) in [7, 11) is -2.61. The van der Waals surface area contributed by atoms with Crippen LogP contribution < -0.4 is 14.8 Å². The van der Waals surface area contributed by atoms with Gasteiger partial charge in [-0.3, -0.25) is 9.52 Å². The van der Waals surface area contributed by atoms with Gasteiger partial charge in [-0.15, -0.1) is 0 Å². The number of rotatable bonds is 6. The van der Waals surface area contributed by atoms with Crippen LogP contribution in [0.25, 0.3) is 0 Å². The molecule has 0 radical (unpaired) electrons. The van der Waals surface area contributed by atoms with Gasteiger partial charge in [-0.2, -0.15) is 0 Å². The molecule has 3 rings (SSSR count). The zero-order chi connectivity index (χ0) is 21.0. The fourth-order valence-electron chi connectivity index (χ4n) is 2.62. The molecule has 0 saturated carbocycles. The number of halogens is 1. The summed E-state index contributed by atoms with van der Waals surface area (Å²) in [5.74, 6) is -0.0836. The number of aryl methyl sites for hydroxylation is 1. The van der Waals surface area contributed by atoms with Crippen LogP contribution >= 0.6 is 11.6 Å². The molecule has 1 amide bonds. The van der Waals surface area contributed by atoms with Gasteiger partial charge in [0.25, 0.3) is 15.9 Å². The van der Waals surface area contributed by atoms with Gasteiger partial charge in [-0.1, -0.05) is 41.4 Å². The first kappa shape index (κ1) is 20.7. The van der Waals surface area contributed by atoms with Crippen molar-refractivity contribution in [3.8, 4) is 5.75 Å². The first-order valence-corrected chi connectivity index (χ1v) is 10.5. The number of carbonyl (C=O) groups excluding carboxylic acids is 1. The monoisotopic (exact) mass is 430 g/mol. The molecule has 29 heavy (non-hydrogen) atoms. The highest BCUT2D eigenvalue weighted by Crippen LogP contribution is 2.29. The molecule has 0 aliphatic carbocycles. The normalized spacial score (nSPS) is 11.0. The van der Waals surface area contributed by atoms with Gasteiger partial charge in [-0.05, 0) is 49.4 Å². The lowest BCUT2D eigenvalue weighted by Gasteiger charge is -2.13. The fourth-order valence-corrected chi connectivity index (χ4v) is 4.22. The Labute approximate surface area is 174 Å². The lowest BCUT2D eigenvalue weighted by Crippen LogP contribution is -2.17. The summed E-state index contributed by atoms with van der Waals surface area (Å²) in [5.41, 5.74) is 2.09. The van der Waals surface area contributed by atoms with Crippen molar-refractivity contribution in [3.05, 3.63) is 82.9 Å². The number of amides is 1. The average Bonchev–Trinajstić information content (AvgIpc) is 2.70. The van der Waals surface area contributed by atoms with E-state index < -0.39 is 15.9 Å². The van der Waals surface area contributed by atoms with E-state index in [1.165, 1.54) is 25.3 Å². The van der Waals surface area contributed by atoms with Crippen molar-refractivity contribution in [1.82, 2.24) is 0 Å². The minimum atomic E-state index is -4.05. The molecule has 2 N–H and O–H groups in total. The highest BCUT2D eigenvalue weighted by atomic mass is 35.5. The van der Waals surface area contributed by atoms with E-state index in [0.29, 0.717) is 11.4 Å². The molecule has 0 aromatic heterocycles. The molecule has 0 spiro atoms. The molecule has 3 aromatic rings. The third kappa shape index (κ3) is 4.88. The van der Waals surface area contributed by atoms with Crippen LogP contribution in [0.4, 0.5) is 11.4 Å². The van der Waals surface area contributed by atoms with E-state index in [-0.39, 0.29) is 21.2 Å². The van der Waals surface area contributed by atoms with Crippen LogP contribution in [0.3, 0.4) is 0 Å². The quantitative estimate of drug-likeness (QED) is 0.593. The van der Waals surface area contributed by atoms with Crippen molar-refractivity contribution in [2.24, 2.45) is 0 Å². The van der Waals surface area contributed by atoms with Gasteiger partial charge >= 0.3 is 0 Å². The SMILES string of the molecule is COc1ccccc1NS(=O)(=O)c1cc(C(=O)Nc2ccc(C)cc2)ccc1Cl. The molecule has 6 nitrogen and oxygen atoms in total. The summed E-state index contributed by atoms with van der Waals surface area (Å²) < 4.78 is 33.4. The summed E-state index contributed by atoms with van der Waals surface area (Å²) in [6, 6.07) is 17.9. The topological polar surface area (TPSA) is 84.5 Å². The number of sulfonamides is 1. The highest BCUT2D eigenvalue weighted by Gasteiger charge is 2.22. The van der Waals surface area contributed by atoms with Crippen LogP contribution in [0, 0.1) is 6.92 Å². The number of nitrogens with one attached hydrogen (secondary N) is 2. The number of ether oxygens (including phenoxy) is 1. The maximum absolute atomic E-state index is 12.9. The van der Waals surface area contributed by atoms with E-state index in [4.69, 9.17) is 16.3 Å². The summed E-state index contributed by atoms with van der Waals surface area (Å²) in [4.78, 5) is 12.4. The van der Waals surface area contributed by atoms with Crippen LogP contribution in [0.2, 0.25) is 5.02 Å². The van der Waals surface area contributed by atoms with E-state index in [1.54, 1.807) is 36.4 Å². The van der Waals surface area contributed by atoms with Crippen LogP contribution in [0.5, 0.6) is 5.75 Å². The first-order chi connectivity index (χ1) is 13.8. The van der Waals surface area contributed by atoms with Crippen molar-refractivity contribution >= 4 is 38.9 Å². The van der Waals surface area contributed by atoms with Crippen molar-refractivity contribution in [1.29, 1.82) is 0 Å². The number of para-hydroxylation sites is 2. The second kappa shape index (κ2) is 8.55. The summed E-state index contributed by atoms with van der Waals surface area (Å²) in [6.07, 6.45) is 0. The predicted molar refractivity (Wildman–Crippen MR) is 114 cm³/mol. The van der Waals surface area contributed by atoms with Crippen molar-refractivity contribution < 1.29 is 17.9 Å². The smallest absolute Gasteiger partial charge is 0.263 e. The number of benzene rings is 3. The Morgan fingerprint density at radius 2 is 1.69 bits per heavy atom. The highest BCUT2D eigenvalue weighted by molar-refractivity contribution is 7.92. The standard InChI is InChI=1S/C21H19ClN2O4S/c1-14-7-10-16(11-8-14)23-21(25)15-9-12-17(22)20(13-15)29(26,27)24-18-5-3-4-6-19(18)28-2/h3-13,24H,1-2H3,(H,23,25). The molecule has 0 saturated heterocycles. The Bertz CT molecular complexity index is 1150. The van der Waals surface area contributed by atoms with Gasteiger partial charge < -0.3 is 10.1 Å². The molecule has 0 atom stereocenters. The third-order valence-electron chi connectivity index (χ3n) is 4.14. The molecular formula is C21H19ClN2O4S. The lowest BCUT2D eigenvalue weighted by molar-refractivity contribution is 0.102. The molecule has 0 heterocycles. The fraction of sp³-hybridized carbons (Fsp3) is 0.0952. The van der Waals surface area contributed by atoms with Crippen LogP contribution in [0.15, 0.2) is 71.6 Å². The Kier molecular flexibility index (Phi) is 6.10. The molecule has 0 unspecified atom stereocenters. The predicted octanol–water partition coefficient (Wildman–Crippen LogP) is 4.71. The molecule has 8 heteroatoms. The molecule has 0 fully saturated rings. The van der Waals surface area contributed by atoms with Gasteiger partial charge in [0.05, 0.1) is 17.8 Å². The molecular weight excluding hydrogens is 412 g/mol. The van der Waals surface area contributed by atoms with Crippen LogP contribution in [-0.4, -0.2) is 21.4 Å². The van der Waals surface area contributed by atoms with Crippen molar-refractivity contribution in [2.75, 3.05) is 17.1 Å². The first-order valence-electron chi connectivity index (χ1n) is 8.63. The van der Waals surface area contributed by atoms with Crippen LogP contribution in [0.1, 0.15) is 15.9 Å². The number of methoxy groups -OCH3 is 1. The lowest BCUT2D eigenvalue weighted by atomic mass is 10.2. The molecule has 0 aliphatic heterocycles. The van der Waals surface area contributed by atoms with Crippen molar-refractivity contribution in [2.45, 2.75) is 11.8 Å². The summed E-state index contributed by atoms with van der Waals surface area (Å²) in [6.45, 7) is 1.94. The Morgan fingerprint density at radius 1 is 1.00 bits per heavy atom. The Hall–Kier alpha value is -3.03. The van der Waals surface area contributed by atoms with E-state index >= 15 is 0 Å². The molecule has 0 bridgehead atoms. The minimum absolute atomic E-state index is 0.000663. The Balaban J connectivity index is 1.89. The second-order valence-corrected chi connectivity index (χ2v) is 8.33. The third-order valence-corrected chi connectivity index (χ3v) is 5.99. The maximum atomic E-state index is 12.9. The Morgan fingerprint density at radius 3 is 2.38 bits per heavy atom. The van der Waals surface area contributed by atoms with Gasteiger partial charge in [0.2, 0.25) is 0 Å². The minimum Gasteiger partial charge on any atom is -0.495 e. The number of hydrogen-bond donors (Lipinski definition) is 2. The van der Waals surface area contributed by atoms with E-state index in [1.807, 2.05) is 19.1 Å². The van der Waals surface area contributed by atoms with Gasteiger partial charge in [0, 0.05) is 11.3 Å². The zero-order valence-corrected chi connectivity index (χ0v) is 17.3. The molecule has 150 valence electrons. The van der Waals surface area contributed by atoms with Gasteiger partial charge in [0.1, 0.15) is 10.6 Å². The van der Waals surface area contributed by atoms with Crippen LogP contribution in [-0.2, 0) is 10.0 Å². The van der Waals surface area contributed by atoms with Gasteiger partial charge in [-0.25, -0.2) is 8.42 Å². The molecule has 3 aromatic carbocycles. The average molecular weight is 431 g/mol. The van der Waals surface area contributed by atoms with Gasteiger partial charge in [0.15, 0.2) is 0 Å². The maximum Gasteiger partial charge on any atom is 0.263 e. The van der Waals surface area contributed by atoms with Crippen molar-refractivity contribution in [3.63, 3.8) is 0 Å². The summed E-state index contributed by atoms with van der Waals surface area (Å²) in [5, 5.41) is 2.73. The number of hydrogen-bond acceptors (Lipinski definition) is 4.